The van der Waals surface area contributed by atoms with Gasteiger partial charge in [-0.1, -0.05) is 73.9 Å². The van der Waals surface area contributed by atoms with Crippen LogP contribution in [0.1, 0.15) is 44.1 Å². The molecule has 0 unspecified atom stereocenters. The van der Waals surface area contributed by atoms with Gasteiger partial charge in [0.25, 0.3) is 0 Å². The van der Waals surface area contributed by atoms with Crippen molar-refractivity contribution in [2.45, 2.75) is 45.1 Å². The van der Waals surface area contributed by atoms with Crippen LogP contribution in [-0.4, -0.2) is 5.97 Å². The quantitative estimate of drug-likeness (QED) is 0.304. The first-order chi connectivity index (χ1) is 13.3. The minimum atomic E-state index is -0.0485. The molecular weight excluding hydrogens is 332 g/mol. The third kappa shape index (κ3) is 3.03. The number of carbonyl (C=O) groups excluding carboxylic acids is 1. The van der Waals surface area contributed by atoms with Gasteiger partial charge in [-0.2, -0.15) is 0 Å². The average Bonchev–Trinajstić information content (AvgIpc) is 2.71. The van der Waals surface area contributed by atoms with Gasteiger partial charge in [-0.15, -0.1) is 0 Å². The molecule has 1 aliphatic carbocycles. The second-order valence-corrected chi connectivity index (χ2v) is 7.95. The molecule has 5 rings (SSSR count). The minimum Gasteiger partial charge on any atom is -0.461 e. The first-order valence-electron chi connectivity index (χ1n) is 10.1. The number of ether oxygens (including phenoxy) is 1. The fourth-order valence-corrected chi connectivity index (χ4v) is 4.77. The summed E-state index contributed by atoms with van der Waals surface area (Å²) in [6.07, 6.45) is 6.75. The molecule has 27 heavy (non-hydrogen) atoms. The molecule has 0 bridgehead atoms. The van der Waals surface area contributed by atoms with E-state index < -0.39 is 0 Å². The molecule has 2 heteroatoms. The van der Waals surface area contributed by atoms with E-state index in [-0.39, 0.29) is 5.97 Å². The summed E-state index contributed by atoms with van der Waals surface area (Å²) in [5.74, 6) is 0.472. The van der Waals surface area contributed by atoms with Gasteiger partial charge in [0.15, 0.2) is 0 Å². The highest BCUT2D eigenvalue weighted by Crippen LogP contribution is 2.36. The number of hydrogen-bond donors (Lipinski definition) is 0. The van der Waals surface area contributed by atoms with Crippen LogP contribution in [0.3, 0.4) is 0 Å². The first kappa shape index (κ1) is 16.6. The van der Waals surface area contributed by atoms with Crippen molar-refractivity contribution in [1.29, 1.82) is 0 Å². The summed E-state index contributed by atoms with van der Waals surface area (Å²) < 4.78 is 5.68. The largest absolute Gasteiger partial charge is 0.461 e. The van der Waals surface area contributed by atoms with Gasteiger partial charge in [0, 0.05) is 6.42 Å². The van der Waals surface area contributed by atoms with Crippen LogP contribution in [-0.2, 0) is 16.1 Å². The number of esters is 1. The Bertz CT molecular complexity index is 1090. The summed E-state index contributed by atoms with van der Waals surface area (Å²) in [5, 5.41) is 7.55. The standard InChI is InChI=1S/C25H24O2/c26-23(15-17-5-2-1-3-6-17)27-16-21-12-11-20-10-9-18-7-4-8-19-13-14-22(21)25(20)24(18)19/h4,7-14,17H,1-3,5-6,15-16H2. The average molecular weight is 356 g/mol. The lowest BCUT2D eigenvalue weighted by Crippen LogP contribution is -2.14. The second-order valence-electron chi connectivity index (χ2n) is 7.95. The van der Waals surface area contributed by atoms with Crippen LogP contribution in [0.15, 0.2) is 54.6 Å². The van der Waals surface area contributed by atoms with E-state index in [9.17, 15) is 4.79 Å². The Balaban J connectivity index is 1.44. The Morgan fingerprint density at radius 3 is 2.26 bits per heavy atom. The molecule has 2 nitrogen and oxygen atoms in total. The van der Waals surface area contributed by atoms with Gasteiger partial charge in [0.2, 0.25) is 0 Å². The van der Waals surface area contributed by atoms with Crippen LogP contribution >= 0.6 is 0 Å². The highest BCUT2D eigenvalue weighted by atomic mass is 16.5. The van der Waals surface area contributed by atoms with E-state index >= 15 is 0 Å². The Morgan fingerprint density at radius 2 is 1.48 bits per heavy atom. The van der Waals surface area contributed by atoms with Crippen LogP contribution in [0.5, 0.6) is 0 Å². The Hall–Kier alpha value is -2.61. The van der Waals surface area contributed by atoms with Gasteiger partial charge in [0.05, 0.1) is 0 Å². The van der Waals surface area contributed by atoms with E-state index in [1.165, 1.54) is 64.4 Å². The van der Waals surface area contributed by atoms with E-state index in [0.717, 1.165) is 5.56 Å². The summed E-state index contributed by atoms with van der Waals surface area (Å²) in [5.41, 5.74) is 1.10. The predicted molar refractivity (Wildman–Crippen MR) is 111 cm³/mol. The van der Waals surface area contributed by atoms with E-state index in [1.807, 2.05) is 0 Å². The van der Waals surface area contributed by atoms with E-state index in [1.54, 1.807) is 0 Å². The second kappa shape index (κ2) is 6.84. The Morgan fingerprint density at radius 1 is 0.815 bits per heavy atom. The minimum absolute atomic E-state index is 0.0485. The van der Waals surface area contributed by atoms with Crippen LogP contribution in [0.25, 0.3) is 32.3 Å². The van der Waals surface area contributed by atoms with Crippen molar-refractivity contribution in [3.63, 3.8) is 0 Å². The summed E-state index contributed by atoms with van der Waals surface area (Å²) >= 11 is 0. The van der Waals surface area contributed by atoms with E-state index in [0.29, 0.717) is 18.9 Å². The van der Waals surface area contributed by atoms with Crippen LogP contribution in [0.2, 0.25) is 0 Å². The van der Waals surface area contributed by atoms with Crippen molar-refractivity contribution < 1.29 is 9.53 Å². The molecule has 4 aromatic rings. The van der Waals surface area contributed by atoms with Crippen molar-refractivity contribution in [1.82, 2.24) is 0 Å². The van der Waals surface area contributed by atoms with Crippen molar-refractivity contribution in [2.75, 3.05) is 0 Å². The molecule has 1 fully saturated rings. The molecule has 0 aliphatic heterocycles. The number of carbonyl (C=O) groups is 1. The predicted octanol–water partition coefficient (Wildman–Crippen LogP) is 6.60. The van der Waals surface area contributed by atoms with Gasteiger partial charge >= 0.3 is 5.97 Å². The van der Waals surface area contributed by atoms with Crippen LogP contribution in [0, 0.1) is 5.92 Å². The third-order valence-electron chi connectivity index (χ3n) is 6.19. The molecule has 0 saturated heterocycles. The molecule has 1 aliphatic rings. The summed E-state index contributed by atoms with van der Waals surface area (Å²) in [4.78, 5) is 12.3. The molecule has 0 aromatic heterocycles. The van der Waals surface area contributed by atoms with Crippen LogP contribution < -0.4 is 0 Å². The molecule has 0 amide bonds. The zero-order valence-electron chi connectivity index (χ0n) is 15.5. The van der Waals surface area contributed by atoms with Crippen molar-refractivity contribution in [2.24, 2.45) is 5.92 Å². The third-order valence-corrected chi connectivity index (χ3v) is 6.19. The van der Waals surface area contributed by atoms with E-state index in [4.69, 9.17) is 4.74 Å². The molecule has 0 atom stereocenters. The lowest BCUT2D eigenvalue weighted by molar-refractivity contribution is -0.146. The molecular formula is C25H24O2. The fraction of sp³-hybridized carbons (Fsp3) is 0.320. The zero-order chi connectivity index (χ0) is 18.2. The SMILES string of the molecule is O=C(CC1CCCCC1)OCc1ccc2ccc3cccc4ccc1c2c34. The Labute approximate surface area is 159 Å². The molecule has 4 aromatic carbocycles. The number of hydrogen-bond acceptors (Lipinski definition) is 2. The lowest BCUT2D eigenvalue weighted by atomic mass is 9.87. The van der Waals surface area contributed by atoms with Gasteiger partial charge in [-0.3, -0.25) is 4.79 Å². The Kier molecular flexibility index (Phi) is 4.20. The van der Waals surface area contributed by atoms with Gasteiger partial charge in [-0.05, 0) is 56.6 Å². The highest BCUT2D eigenvalue weighted by Gasteiger charge is 2.18. The van der Waals surface area contributed by atoms with Crippen molar-refractivity contribution >= 4 is 38.3 Å². The normalized spacial score (nSPS) is 15.7. The van der Waals surface area contributed by atoms with Crippen molar-refractivity contribution in [3.05, 3.63) is 60.2 Å². The maximum absolute atomic E-state index is 12.3. The fourth-order valence-electron chi connectivity index (χ4n) is 4.77. The zero-order valence-corrected chi connectivity index (χ0v) is 15.5. The van der Waals surface area contributed by atoms with Gasteiger partial charge < -0.3 is 4.74 Å². The van der Waals surface area contributed by atoms with Crippen molar-refractivity contribution in [3.8, 4) is 0 Å². The summed E-state index contributed by atoms with van der Waals surface area (Å²) in [7, 11) is 0. The first-order valence-corrected chi connectivity index (χ1v) is 10.1. The monoisotopic (exact) mass is 356 g/mol. The molecule has 0 spiro atoms. The summed E-state index contributed by atoms with van der Waals surface area (Å²) in [6, 6.07) is 19.4. The maximum atomic E-state index is 12.3. The van der Waals surface area contributed by atoms with Gasteiger partial charge in [-0.25, -0.2) is 0 Å². The summed E-state index contributed by atoms with van der Waals surface area (Å²) in [6.45, 7) is 0.361. The van der Waals surface area contributed by atoms with Gasteiger partial charge in [0.1, 0.15) is 6.61 Å². The smallest absolute Gasteiger partial charge is 0.306 e. The lowest BCUT2D eigenvalue weighted by Gasteiger charge is -2.20. The number of rotatable bonds is 4. The maximum Gasteiger partial charge on any atom is 0.306 e. The topological polar surface area (TPSA) is 26.3 Å². The molecule has 0 radical (unpaired) electrons. The molecule has 0 heterocycles. The number of benzene rings is 4. The molecule has 136 valence electrons. The van der Waals surface area contributed by atoms with E-state index in [2.05, 4.69) is 54.6 Å². The van der Waals surface area contributed by atoms with Crippen LogP contribution in [0.4, 0.5) is 0 Å². The highest BCUT2D eigenvalue weighted by molar-refractivity contribution is 6.23. The molecule has 1 saturated carbocycles. The molecule has 0 N–H and O–H groups in total.